The normalized spacial score (nSPS) is 14.9. The highest BCUT2D eigenvalue weighted by Crippen LogP contribution is 2.51. The summed E-state index contributed by atoms with van der Waals surface area (Å²) in [5.41, 5.74) is 20.9. The number of hydrogen-bond acceptors (Lipinski definition) is 6. The Kier molecular flexibility index (Phi) is 4.08. The van der Waals surface area contributed by atoms with Crippen LogP contribution in [0.2, 0.25) is 0 Å². The van der Waals surface area contributed by atoms with E-state index in [1.165, 1.54) is 6.07 Å². The van der Waals surface area contributed by atoms with Gasteiger partial charge in [-0.25, -0.2) is 4.39 Å². The summed E-state index contributed by atoms with van der Waals surface area (Å²) in [5.74, 6) is 0.728. The molecule has 2 aromatic carbocycles. The molecule has 7 heteroatoms. The smallest absolute Gasteiger partial charge is 0.227 e. The van der Waals surface area contributed by atoms with Gasteiger partial charge < -0.3 is 26.7 Å². The quantitative estimate of drug-likeness (QED) is 0.514. The summed E-state index contributed by atoms with van der Waals surface area (Å²) in [5, 5.41) is 0. The summed E-state index contributed by atoms with van der Waals surface area (Å²) in [7, 11) is 1.56. The van der Waals surface area contributed by atoms with Crippen LogP contribution in [-0.4, -0.2) is 12.1 Å². The van der Waals surface area contributed by atoms with Crippen molar-refractivity contribution in [2.45, 2.75) is 12.5 Å². The first kappa shape index (κ1) is 17.1. The minimum Gasteiger partial charge on any atom is -0.497 e. The first-order valence-corrected chi connectivity index (χ1v) is 8.43. The van der Waals surface area contributed by atoms with E-state index in [0.717, 1.165) is 5.56 Å². The average Bonchev–Trinajstić information content (AvgIpc) is 2.66. The second-order valence-electron chi connectivity index (χ2n) is 6.27. The van der Waals surface area contributed by atoms with Gasteiger partial charge >= 0.3 is 0 Å². The predicted octanol–water partition coefficient (Wildman–Crippen LogP) is 3.14. The number of nitrogen functional groups attached to an aromatic ring is 2. The molecule has 0 radical (unpaired) electrons. The van der Waals surface area contributed by atoms with Crippen LogP contribution in [0.5, 0.6) is 17.4 Å². The number of rotatable bonds is 3. The van der Waals surface area contributed by atoms with Crippen molar-refractivity contribution in [3.63, 3.8) is 0 Å². The highest BCUT2D eigenvalue weighted by molar-refractivity contribution is 5.72. The predicted molar refractivity (Wildman–Crippen MR) is 101 cm³/mol. The molecule has 0 bridgehead atoms. The molecule has 2 heterocycles. The van der Waals surface area contributed by atoms with E-state index in [9.17, 15) is 4.39 Å². The number of nitrogens with zero attached hydrogens (tertiary/aromatic N) is 1. The minimum atomic E-state index is -0.505. The van der Waals surface area contributed by atoms with Crippen molar-refractivity contribution in [3.05, 3.63) is 70.5 Å². The van der Waals surface area contributed by atoms with E-state index < -0.39 is 5.92 Å². The van der Waals surface area contributed by atoms with Gasteiger partial charge in [0, 0.05) is 40.9 Å². The molecule has 0 aliphatic carbocycles. The van der Waals surface area contributed by atoms with Crippen LogP contribution in [0.4, 0.5) is 15.9 Å². The Morgan fingerprint density at radius 3 is 2.63 bits per heavy atom. The molecule has 6 N–H and O–H groups in total. The van der Waals surface area contributed by atoms with Gasteiger partial charge in [-0.1, -0.05) is 24.3 Å². The number of ether oxygens (including phenoxy) is 2. The average molecular weight is 366 g/mol. The molecule has 0 saturated heterocycles. The highest BCUT2D eigenvalue weighted by atomic mass is 19.1. The van der Waals surface area contributed by atoms with Crippen molar-refractivity contribution in [1.82, 2.24) is 4.98 Å². The lowest BCUT2D eigenvalue weighted by Gasteiger charge is -2.30. The number of nitrogens with two attached hydrogens (primary N) is 3. The summed E-state index contributed by atoms with van der Waals surface area (Å²) in [6, 6.07) is 11.9. The number of methoxy groups -OCH3 is 1. The molecule has 0 amide bonds. The summed E-state index contributed by atoms with van der Waals surface area (Å²) in [6.45, 7) is 0.122. The molecule has 1 aliphatic heterocycles. The second-order valence-corrected chi connectivity index (χ2v) is 6.27. The molecule has 6 nitrogen and oxygen atoms in total. The first-order valence-electron chi connectivity index (χ1n) is 8.43. The number of benzene rings is 2. The van der Waals surface area contributed by atoms with E-state index in [1.807, 2.05) is 6.07 Å². The van der Waals surface area contributed by atoms with Crippen molar-refractivity contribution >= 4 is 11.5 Å². The van der Waals surface area contributed by atoms with Crippen LogP contribution in [0.1, 0.15) is 28.2 Å². The van der Waals surface area contributed by atoms with Crippen molar-refractivity contribution < 1.29 is 13.9 Å². The zero-order chi connectivity index (χ0) is 19.1. The van der Waals surface area contributed by atoms with Gasteiger partial charge in [-0.05, 0) is 12.1 Å². The van der Waals surface area contributed by atoms with Crippen LogP contribution in [0.15, 0.2) is 42.5 Å². The van der Waals surface area contributed by atoms with Gasteiger partial charge in [0.1, 0.15) is 23.1 Å². The van der Waals surface area contributed by atoms with Gasteiger partial charge in [-0.2, -0.15) is 4.98 Å². The van der Waals surface area contributed by atoms with Crippen molar-refractivity contribution in [2.24, 2.45) is 5.73 Å². The van der Waals surface area contributed by atoms with Crippen LogP contribution in [0.25, 0.3) is 0 Å². The number of anilines is 2. The Balaban J connectivity index is 2.04. The van der Waals surface area contributed by atoms with E-state index in [0.29, 0.717) is 33.9 Å². The molecule has 0 fully saturated rings. The fourth-order valence-electron chi connectivity index (χ4n) is 3.48. The van der Waals surface area contributed by atoms with E-state index in [-0.39, 0.29) is 24.1 Å². The van der Waals surface area contributed by atoms with E-state index >= 15 is 0 Å². The number of fused-ring (bicyclic) bond motifs is 2. The third-order valence-corrected chi connectivity index (χ3v) is 4.82. The molecular weight excluding hydrogens is 347 g/mol. The molecule has 0 saturated carbocycles. The molecule has 0 spiro atoms. The van der Waals surface area contributed by atoms with Crippen molar-refractivity contribution in [3.8, 4) is 17.4 Å². The number of aromatic nitrogens is 1. The maximum atomic E-state index is 14.7. The van der Waals surface area contributed by atoms with Crippen LogP contribution in [0.3, 0.4) is 0 Å². The summed E-state index contributed by atoms with van der Waals surface area (Å²) < 4.78 is 26.0. The maximum absolute atomic E-state index is 14.7. The molecular formula is C20H19FN4O2. The van der Waals surface area contributed by atoms with Crippen molar-refractivity contribution in [2.75, 3.05) is 18.6 Å². The Labute approximate surface area is 155 Å². The number of hydrogen-bond donors (Lipinski definition) is 3. The zero-order valence-electron chi connectivity index (χ0n) is 14.7. The minimum absolute atomic E-state index is 0.122. The highest BCUT2D eigenvalue weighted by Gasteiger charge is 2.35. The standard InChI is InChI=1S/C20H19FN4O2/c1-26-10-6-7-12-15(8-10)27-20-17(18(23)13(9-22)19(24)25-20)16(12)11-4-2-3-5-14(11)21/h2-8,16H,9,22H2,1H3,(H4,23,24,25). The summed E-state index contributed by atoms with van der Waals surface area (Å²) >= 11 is 0. The van der Waals surface area contributed by atoms with E-state index in [4.69, 9.17) is 26.7 Å². The molecule has 1 aromatic heterocycles. The lowest BCUT2D eigenvalue weighted by molar-refractivity contribution is 0.400. The van der Waals surface area contributed by atoms with Gasteiger partial charge in [0.15, 0.2) is 0 Å². The topological polar surface area (TPSA) is 109 Å². The Morgan fingerprint density at radius 1 is 1.15 bits per heavy atom. The van der Waals surface area contributed by atoms with Gasteiger partial charge in [0.05, 0.1) is 12.7 Å². The number of pyridine rings is 1. The molecule has 3 aromatic rings. The van der Waals surface area contributed by atoms with Crippen LogP contribution in [0, 0.1) is 5.82 Å². The second kappa shape index (κ2) is 6.44. The van der Waals surface area contributed by atoms with Crippen molar-refractivity contribution in [1.29, 1.82) is 0 Å². The molecule has 1 unspecified atom stereocenters. The lowest BCUT2D eigenvalue weighted by Crippen LogP contribution is -2.19. The van der Waals surface area contributed by atoms with Gasteiger partial charge in [0.25, 0.3) is 0 Å². The molecule has 1 aliphatic rings. The first-order chi connectivity index (χ1) is 13.0. The number of halogens is 1. The lowest BCUT2D eigenvalue weighted by atomic mass is 9.82. The Bertz CT molecular complexity index is 1040. The van der Waals surface area contributed by atoms with E-state index in [2.05, 4.69) is 4.98 Å². The van der Waals surface area contributed by atoms with Crippen LogP contribution >= 0.6 is 0 Å². The molecule has 138 valence electrons. The maximum Gasteiger partial charge on any atom is 0.227 e. The van der Waals surface area contributed by atoms with Crippen LogP contribution < -0.4 is 26.7 Å². The van der Waals surface area contributed by atoms with Gasteiger partial charge in [-0.3, -0.25) is 0 Å². The molecule has 4 rings (SSSR count). The Hall–Kier alpha value is -3.32. The third-order valence-electron chi connectivity index (χ3n) is 4.82. The summed E-state index contributed by atoms with van der Waals surface area (Å²) in [4.78, 5) is 4.34. The largest absolute Gasteiger partial charge is 0.497 e. The van der Waals surface area contributed by atoms with Gasteiger partial charge in [-0.15, -0.1) is 0 Å². The summed E-state index contributed by atoms with van der Waals surface area (Å²) in [6.07, 6.45) is 0. The van der Waals surface area contributed by atoms with Gasteiger partial charge in [0.2, 0.25) is 5.88 Å². The Morgan fingerprint density at radius 2 is 1.93 bits per heavy atom. The zero-order valence-corrected chi connectivity index (χ0v) is 14.7. The van der Waals surface area contributed by atoms with Crippen LogP contribution in [-0.2, 0) is 6.54 Å². The molecule has 1 atom stereocenters. The third kappa shape index (κ3) is 2.63. The fraction of sp³-hybridized carbons (Fsp3) is 0.150. The SMILES string of the molecule is COc1ccc2c(c1)Oc1nc(N)c(CN)c(N)c1C2c1ccccc1F. The monoisotopic (exact) mass is 366 g/mol. The molecule has 27 heavy (non-hydrogen) atoms. The fourth-order valence-corrected chi connectivity index (χ4v) is 3.48. The van der Waals surface area contributed by atoms with E-state index in [1.54, 1.807) is 37.4 Å².